The fourth-order valence-corrected chi connectivity index (χ4v) is 9.19. The fourth-order valence-electron chi connectivity index (χ4n) is 9.10. The van der Waals surface area contributed by atoms with Gasteiger partial charge in [0.15, 0.2) is 17.3 Å². The number of carboxylic acid groups (broad SMARTS) is 1. The number of aromatic nitrogens is 1. The number of pyridine rings is 1. The number of aromatic hydroxyl groups is 1. The molecule has 2 aliphatic heterocycles. The molecule has 20 heteroatoms. The Labute approximate surface area is 564 Å². The second kappa shape index (κ2) is 44.8. The molecule has 0 radical (unpaired) electrons. The molecule has 14 nitrogen and oxygen atoms in total. The van der Waals surface area contributed by atoms with E-state index in [2.05, 4.69) is 30.6 Å². The molecule has 0 bridgehead atoms. The zero-order valence-electron chi connectivity index (χ0n) is 48.5. The summed E-state index contributed by atoms with van der Waals surface area (Å²) >= 11 is 19.1. The van der Waals surface area contributed by atoms with E-state index in [-0.39, 0.29) is 83.7 Å². The van der Waals surface area contributed by atoms with Crippen molar-refractivity contribution in [2.75, 3.05) is 36.9 Å². The summed E-state index contributed by atoms with van der Waals surface area (Å²) in [6.45, 7) is 6.87. The van der Waals surface area contributed by atoms with Crippen molar-refractivity contribution < 1.29 is 105 Å². The maximum atomic E-state index is 11.8. The van der Waals surface area contributed by atoms with E-state index in [9.17, 15) is 43.8 Å². The molecular formula is C67H73BrCl3N2NaO12Zn. The molecule has 1 aromatic heterocycles. The molecule has 0 unspecified atom stereocenters. The van der Waals surface area contributed by atoms with Gasteiger partial charge in [-0.3, -0.25) is 28.8 Å². The van der Waals surface area contributed by atoms with Crippen LogP contribution in [-0.4, -0.2) is 92.7 Å². The Bertz CT molecular complexity index is 3250. The number of nitrogens with one attached hydrogen (secondary N) is 1. The van der Waals surface area contributed by atoms with E-state index in [1.165, 1.54) is 59.2 Å². The first kappa shape index (κ1) is 79.4. The van der Waals surface area contributed by atoms with E-state index < -0.39 is 28.9 Å². The third-order valence-electron chi connectivity index (χ3n) is 13.0. The van der Waals surface area contributed by atoms with E-state index in [0.717, 1.165) is 97.2 Å². The number of benzene rings is 6. The van der Waals surface area contributed by atoms with Gasteiger partial charge in [-0.25, -0.2) is 9.78 Å². The Hall–Kier alpha value is -5.62. The molecule has 2 aliphatic carbocycles. The number of fused-ring (bicyclic) bond motifs is 6. The minimum absolute atomic E-state index is 0. The Balaban J connectivity index is 0.000000536. The van der Waals surface area contributed by atoms with Gasteiger partial charge in [0.25, 0.3) is 11.7 Å². The summed E-state index contributed by atoms with van der Waals surface area (Å²) in [5.41, 5.74) is 11.3. The van der Waals surface area contributed by atoms with Gasteiger partial charge in [0.1, 0.15) is 12.2 Å². The van der Waals surface area contributed by atoms with Crippen LogP contribution in [0.25, 0.3) is 10.9 Å². The Morgan fingerprint density at radius 2 is 1.13 bits per heavy atom. The molecule has 11 rings (SSSR count). The predicted octanol–water partition coefficient (Wildman–Crippen LogP) is 11.2. The number of ketones is 3. The van der Waals surface area contributed by atoms with E-state index in [4.69, 9.17) is 44.5 Å². The minimum atomic E-state index is -1.12. The summed E-state index contributed by atoms with van der Waals surface area (Å²) in [6.07, 6.45) is 12.3. The summed E-state index contributed by atoms with van der Waals surface area (Å²) in [7, 11) is 0. The molecule has 6 aromatic carbocycles. The molecule has 4 N–H and O–H groups in total. The SMILES string of the molecule is C.C1CCOC1.CC(=O)OCC(=O)Cc1ccccc1.O=C(CCl)Cc1ccccc1.O=C(Cl)CCl.O=C(O)c1c(O)c(Cc2ccccc2)nc2c3c(ccc12)CCCC3.O=C1Nc2c(ccc3c2CCCC3)C1=O.[CH2-]c1ccccc1.[Na+].[OH-].[Zn+][Br]. The van der Waals surface area contributed by atoms with Crippen LogP contribution in [0.3, 0.4) is 0 Å². The molecule has 1 fully saturated rings. The molecule has 87 heavy (non-hydrogen) atoms. The van der Waals surface area contributed by atoms with Crippen molar-refractivity contribution in [1.82, 2.24) is 4.98 Å². The summed E-state index contributed by atoms with van der Waals surface area (Å²) < 4.78 is 9.53. The average Bonchev–Trinajstić information content (AvgIpc) is 1.60. The topological polar surface area (TPSA) is 233 Å². The van der Waals surface area contributed by atoms with Gasteiger partial charge in [-0.1, -0.05) is 123 Å². The molecule has 454 valence electrons. The summed E-state index contributed by atoms with van der Waals surface area (Å²) in [6, 6.07) is 46.1. The molecule has 7 aromatic rings. The van der Waals surface area contributed by atoms with Crippen LogP contribution in [0, 0.1) is 6.92 Å². The van der Waals surface area contributed by atoms with Crippen molar-refractivity contribution in [1.29, 1.82) is 0 Å². The maximum absolute atomic E-state index is 11.8. The van der Waals surface area contributed by atoms with Gasteiger partial charge in [0, 0.05) is 44.8 Å². The third kappa shape index (κ3) is 28.2. The van der Waals surface area contributed by atoms with Gasteiger partial charge < -0.3 is 30.5 Å². The van der Waals surface area contributed by atoms with Gasteiger partial charge in [0.05, 0.1) is 34.2 Å². The normalized spacial score (nSPS) is 12.4. The Kier molecular flexibility index (Phi) is 40.8. The van der Waals surface area contributed by atoms with Crippen molar-refractivity contribution in [2.24, 2.45) is 0 Å². The quantitative estimate of drug-likeness (QED) is 0.0273. The number of alkyl halides is 2. The molecule has 0 spiro atoms. The first-order chi connectivity index (χ1) is 40.6. The number of aromatic carboxylic acids is 1. The van der Waals surface area contributed by atoms with Crippen LogP contribution in [0.15, 0.2) is 146 Å². The predicted molar refractivity (Wildman–Crippen MR) is 340 cm³/mol. The van der Waals surface area contributed by atoms with Crippen LogP contribution in [0.4, 0.5) is 5.69 Å². The van der Waals surface area contributed by atoms with E-state index >= 15 is 0 Å². The van der Waals surface area contributed by atoms with Gasteiger partial charge in [0.2, 0.25) is 5.24 Å². The van der Waals surface area contributed by atoms with Crippen LogP contribution in [0.5, 0.6) is 5.75 Å². The van der Waals surface area contributed by atoms with Crippen LogP contribution in [-0.2, 0) is 94.7 Å². The second-order valence-corrected chi connectivity index (χ2v) is 20.2. The van der Waals surface area contributed by atoms with E-state index in [0.29, 0.717) is 35.9 Å². The van der Waals surface area contributed by atoms with Crippen molar-refractivity contribution >= 4 is 105 Å². The molecular weight excluding hydrogens is 1300 g/mol. The van der Waals surface area contributed by atoms with Crippen LogP contribution in [0.1, 0.15) is 124 Å². The molecule has 0 atom stereocenters. The molecule has 0 saturated carbocycles. The monoisotopic (exact) mass is 1370 g/mol. The van der Waals surface area contributed by atoms with Gasteiger partial charge in [-0.15, -0.1) is 35.3 Å². The number of carbonyl (C=O) groups excluding carboxylic acids is 6. The van der Waals surface area contributed by atoms with E-state index in [1.807, 2.05) is 133 Å². The zero-order valence-corrected chi connectivity index (χ0v) is 57.3. The van der Waals surface area contributed by atoms with Crippen molar-refractivity contribution in [2.45, 2.75) is 97.8 Å². The van der Waals surface area contributed by atoms with Crippen LogP contribution in [0.2, 0.25) is 0 Å². The number of carbonyl (C=O) groups is 7. The molecule has 1 amide bonds. The second-order valence-electron chi connectivity index (χ2n) is 19.3. The van der Waals surface area contributed by atoms with Crippen molar-refractivity contribution in [3.05, 3.63) is 214 Å². The van der Waals surface area contributed by atoms with Crippen molar-refractivity contribution in [3.8, 4) is 5.75 Å². The summed E-state index contributed by atoms with van der Waals surface area (Å²) in [5.74, 6) is -2.65. The number of esters is 1. The first-order valence-corrected chi connectivity index (χ1v) is 35.7. The van der Waals surface area contributed by atoms with Gasteiger partial charge in [-0.2, -0.15) is 24.6 Å². The number of hydrogen-bond donors (Lipinski definition) is 3. The number of halogens is 4. The van der Waals surface area contributed by atoms with E-state index in [1.54, 1.807) is 12.1 Å². The first-order valence-electron chi connectivity index (χ1n) is 27.3. The van der Waals surface area contributed by atoms with Crippen LogP contribution >= 0.6 is 48.4 Å². The number of hydrogen-bond acceptors (Lipinski definition) is 12. The Morgan fingerprint density at radius 1 is 0.667 bits per heavy atom. The van der Waals surface area contributed by atoms with Gasteiger partial charge >= 0.3 is 71.5 Å². The third-order valence-corrected chi connectivity index (χ3v) is 13.8. The molecule has 3 heterocycles. The van der Waals surface area contributed by atoms with Crippen LogP contribution < -0.4 is 34.9 Å². The Morgan fingerprint density at radius 3 is 1.57 bits per heavy atom. The summed E-state index contributed by atoms with van der Waals surface area (Å²) in [4.78, 5) is 81.2. The number of amides is 1. The number of ether oxygens (including phenoxy) is 2. The molecule has 4 aliphatic rings. The number of rotatable bonds is 11. The van der Waals surface area contributed by atoms with Crippen molar-refractivity contribution in [3.63, 3.8) is 0 Å². The molecule has 1 saturated heterocycles. The number of anilines is 1. The zero-order chi connectivity index (χ0) is 61.2. The van der Waals surface area contributed by atoms with Gasteiger partial charge in [-0.05, 0) is 121 Å². The number of carboxylic acids is 1. The average molecular weight is 1370 g/mol. The number of aryl methyl sites for hydroxylation is 3. The number of nitrogens with zero attached hydrogens (tertiary/aromatic N) is 1. The standard InChI is InChI=1S/C21H19NO3.C12H11NO2.C11H12O3.C9H9ClO.C7H7.C4H8O.C2H2Cl2O.CH4.BrH.Na.H2O.Zn/c23-20-17(12-13-6-2-1-3-7-13)22-19-15-9-5-4-8-14(15)10-11-16(19)18(20)21(24)25;14-11-9-6-5-7-3-1-2-4-8(7)10(9)13-12(11)15;1-9(12)14-8-11(13)7-10-5-3-2-4-6-10;10-7-9(11)6-8-4-2-1-3-5-8;1-7-5-3-2-4-6-7;1-2-4-5-3-1;3-1-2(4)5;;;;;/h1-3,6-7,10-11,23H,4-5,8-9,12H2,(H,24,25);5-6H,1-4H2,(H,13,14,15);2-6H,7-8H2,1H3;1-5H,6-7H2;2-6H,1H2;1-4H2;1H2;1H4;1H;;1H2;/q;;;;-1;;;;;+1;;+2/p-2. The fraction of sp³-hybridized carbons (Fsp3) is 0.299. The number of Topliss-reactive ketones (excluding diaryl/α,β-unsaturated/α-hetero) is 3. The summed E-state index contributed by atoms with van der Waals surface area (Å²) in [5, 5.41) is 23.0.